The molecule has 0 aliphatic heterocycles. The van der Waals surface area contributed by atoms with Crippen LogP contribution in [0.2, 0.25) is 0 Å². The van der Waals surface area contributed by atoms with Gasteiger partial charge < -0.3 is 15.0 Å². The molecule has 5 nitrogen and oxygen atoms in total. The van der Waals surface area contributed by atoms with E-state index in [1.165, 1.54) is 19.5 Å². The van der Waals surface area contributed by atoms with Gasteiger partial charge in [-0.3, -0.25) is 0 Å². The van der Waals surface area contributed by atoms with E-state index in [1.54, 1.807) is 22.8 Å². The maximum absolute atomic E-state index is 13.5. The second kappa shape index (κ2) is 5.51. The molecule has 0 spiro atoms. The first kappa shape index (κ1) is 13.1. The van der Waals surface area contributed by atoms with Crippen molar-refractivity contribution in [2.75, 3.05) is 12.8 Å². The minimum absolute atomic E-state index is 0.0797. The van der Waals surface area contributed by atoms with E-state index in [0.717, 1.165) is 0 Å². The summed E-state index contributed by atoms with van der Waals surface area (Å²) in [6.07, 6.45) is 1.91. The van der Waals surface area contributed by atoms with Crippen LogP contribution in [0, 0.1) is 5.82 Å². The Morgan fingerprint density at radius 3 is 2.89 bits per heavy atom. The van der Waals surface area contributed by atoms with Crippen molar-refractivity contribution in [3.05, 3.63) is 47.7 Å². The molecule has 1 aromatic carbocycles. The molecule has 0 aliphatic rings. The monoisotopic (exact) mass is 263 g/mol. The molecule has 0 unspecified atom stereocenters. The van der Waals surface area contributed by atoms with Crippen LogP contribution in [-0.4, -0.2) is 22.6 Å². The molecule has 0 saturated carbocycles. The lowest BCUT2D eigenvalue weighted by Crippen LogP contribution is -2.09. The zero-order valence-corrected chi connectivity index (χ0v) is 10.5. The molecule has 2 N–H and O–H groups in total. The van der Waals surface area contributed by atoms with Crippen molar-refractivity contribution in [2.45, 2.75) is 13.0 Å². The molecule has 0 amide bonds. The van der Waals surface area contributed by atoms with Gasteiger partial charge >= 0.3 is 5.97 Å². The van der Waals surface area contributed by atoms with Crippen LogP contribution in [0.3, 0.4) is 0 Å². The molecule has 2 aromatic rings. The molecule has 1 heterocycles. The average molecular weight is 263 g/mol. The number of carbonyl (C=O) groups excluding carboxylic acids is 1. The third kappa shape index (κ3) is 2.73. The van der Waals surface area contributed by atoms with Crippen molar-refractivity contribution >= 4 is 11.8 Å². The van der Waals surface area contributed by atoms with Gasteiger partial charge in [-0.1, -0.05) is 18.2 Å². The van der Waals surface area contributed by atoms with Gasteiger partial charge in [0.2, 0.25) is 0 Å². The molecule has 0 bridgehead atoms. The highest BCUT2D eigenvalue weighted by atomic mass is 19.1. The Hall–Kier alpha value is -2.37. The average Bonchev–Trinajstić information content (AvgIpc) is 2.78. The Labute approximate surface area is 109 Å². The number of aryl methyl sites for hydroxylation is 2. The lowest BCUT2D eigenvalue weighted by molar-refractivity contribution is 0.0596. The fraction of sp³-hybridized carbons (Fsp3) is 0.231. The molecule has 0 saturated heterocycles. The lowest BCUT2D eigenvalue weighted by atomic mass is 10.1. The van der Waals surface area contributed by atoms with Crippen LogP contribution < -0.4 is 5.73 Å². The highest BCUT2D eigenvalue weighted by Gasteiger charge is 2.16. The van der Waals surface area contributed by atoms with Crippen LogP contribution in [0.4, 0.5) is 10.2 Å². The first-order chi connectivity index (χ1) is 9.13. The highest BCUT2D eigenvalue weighted by Crippen LogP contribution is 2.13. The fourth-order valence-corrected chi connectivity index (χ4v) is 1.77. The summed E-state index contributed by atoms with van der Waals surface area (Å²) >= 11 is 0. The van der Waals surface area contributed by atoms with Crippen LogP contribution in [0.25, 0.3) is 0 Å². The topological polar surface area (TPSA) is 70.1 Å². The smallest absolute Gasteiger partial charge is 0.360 e. The summed E-state index contributed by atoms with van der Waals surface area (Å²) in [6.45, 7) is 0.441. The molecule has 2 rings (SSSR count). The van der Waals surface area contributed by atoms with Crippen molar-refractivity contribution in [3.8, 4) is 0 Å². The minimum atomic E-state index is -0.581. The number of nitrogens with zero attached hydrogens (tertiary/aromatic N) is 2. The lowest BCUT2D eigenvalue weighted by Gasteiger charge is -2.06. The summed E-state index contributed by atoms with van der Waals surface area (Å²) < 4.78 is 19.6. The van der Waals surface area contributed by atoms with Gasteiger partial charge in [-0.15, -0.1) is 0 Å². The number of ether oxygens (including phenoxy) is 1. The fourth-order valence-electron chi connectivity index (χ4n) is 1.77. The molecule has 1 aromatic heterocycles. The van der Waals surface area contributed by atoms with Gasteiger partial charge in [-0.05, 0) is 18.1 Å². The largest absolute Gasteiger partial charge is 0.464 e. The maximum Gasteiger partial charge on any atom is 0.360 e. The van der Waals surface area contributed by atoms with E-state index < -0.39 is 5.97 Å². The number of aromatic nitrogens is 2. The number of imidazole rings is 1. The number of hydrogen-bond donors (Lipinski definition) is 1. The first-order valence-corrected chi connectivity index (χ1v) is 5.75. The summed E-state index contributed by atoms with van der Waals surface area (Å²) in [6, 6.07) is 6.53. The molecule has 0 radical (unpaired) electrons. The van der Waals surface area contributed by atoms with E-state index in [4.69, 9.17) is 5.73 Å². The number of nitrogens with two attached hydrogens (primary N) is 1. The van der Waals surface area contributed by atoms with Crippen LogP contribution >= 0.6 is 0 Å². The predicted molar refractivity (Wildman–Crippen MR) is 68.1 cm³/mol. The number of benzene rings is 1. The van der Waals surface area contributed by atoms with E-state index in [1.807, 2.05) is 0 Å². The Balaban J connectivity index is 2.11. The molecule has 100 valence electrons. The van der Waals surface area contributed by atoms with E-state index in [2.05, 4.69) is 9.72 Å². The second-order valence-corrected chi connectivity index (χ2v) is 4.00. The number of hydrogen-bond acceptors (Lipinski definition) is 4. The van der Waals surface area contributed by atoms with Crippen LogP contribution in [0.1, 0.15) is 16.1 Å². The molecule has 19 heavy (non-hydrogen) atoms. The van der Waals surface area contributed by atoms with Crippen LogP contribution in [-0.2, 0) is 17.7 Å². The molecule has 6 heteroatoms. The van der Waals surface area contributed by atoms with Crippen molar-refractivity contribution in [2.24, 2.45) is 0 Å². The zero-order valence-electron chi connectivity index (χ0n) is 10.5. The summed E-state index contributed by atoms with van der Waals surface area (Å²) in [5.74, 6) is -0.611. The third-order valence-electron chi connectivity index (χ3n) is 2.84. The van der Waals surface area contributed by atoms with E-state index >= 15 is 0 Å². The standard InChI is InChI=1S/C13H14FN3O2/c1-19-13(18)11-12(15)17(8-16-11)7-6-9-4-2-3-5-10(9)14/h2-5,8H,6-7,15H2,1H3. The SMILES string of the molecule is COC(=O)c1ncn(CCc2ccccc2F)c1N. The van der Waals surface area contributed by atoms with Crippen molar-refractivity contribution < 1.29 is 13.9 Å². The summed E-state index contributed by atoms with van der Waals surface area (Å²) in [7, 11) is 1.26. The molecular weight excluding hydrogens is 249 g/mol. The third-order valence-corrected chi connectivity index (χ3v) is 2.84. The molecule has 0 fully saturated rings. The Morgan fingerprint density at radius 2 is 2.21 bits per heavy atom. The predicted octanol–water partition coefficient (Wildman–Crippen LogP) is 1.63. The Kier molecular flexibility index (Phi) is 3.79. The van der Waals surface area contributed by atoms with Gasteiger partial charge in [0.1, 0.15) is 11.6 Å². The zero-order chi connectivity index (χ0) is 13.8. The van der Waals surface area contributed by atoms with Gasteiger partial charge in [0, 0.05) is 6.54 Å². The first-order valence-electron chi connectivity index (χ1n) is 5.75. The number of halogens is 1. The number of anilines is 1. The quantitative estimate of drug-likeness (QED) is 0.851. The van der Waals surface area contributed by atoms with E-state index in [9.17, 15) is 9.18 Å². The van der Waals surface area contributed by atoms with Crippen LogP contribution in [0.5, 0.6) is 0 Å². The van der Waals surface area contributed by atoms with Crippen molar-refractivity contribution in [3.63, 3.8) is 0 Å². The number of nitrogen functional groups attached to an aromatic ring is 1. The number of rotatable bonds is 4. The van der Waals surface area contributed by atoms with Crippen LogP contribution in [0.15, 0.2) is 30.6 Å². The van der Waals surface area contributed by atoms with Crippen molar-refractivity contribution in [1.82, 2.24) is 9.55 Å². The van der Waals surface area contributed by atoms with Gasteiger partial charge in [-0.2, -0.15) is 0 Å². The summed E-state index contributed by atoms with van der Waals surface area (Å²) in [5.41, 5.74) is 6.46. The van der Waals surface area contributed by atoms with Gasteiger partial charge in [0.25, 0.3) is 0 Å². The second-order valence-electron chi connectivity index (χ2n) is 4.00. The molecule has 0 atom stereocenters. The summed E-state index contributed by atoms with van der Waals surface area (Å²) in [4.78, 5) is 15.2. The van der Waals surface area contributed by atoms with Gasteiger partial charge in [0.05, 0.1) is 13.4 Å². The minimum Gasteiger partial charge on any atom is -0.464 e. The number of esters is 1. The van der Waals surface area contributed by atoms with Crippen molar-refractivity contribution in [1.29, 1.82) is 0 Å². The normalized spacial score (nSPS) is 10.4. The Morgan fingerprint density at radius 1 is 1.47 bits per heavy atom. The van der Waals surface area contributed by atoms with E-state index in [0.29, 0.717) is 18.5 Å². The molecule has 0 aliphatic carbocycles. The molecular formula is C13H14FN3O2. The highest BCUT2D eigenvalue weighted by molar-refractivity contribution is 5.92. The number of carbonyl (C=O) groups is 1. The van der Waals surface area contributed by atoms with E-state index in [-0.39, 0.29) is 17.3 Å². The Bertz CT molecular complexity index is 595. The van der Waals surface area contributed by atoms with Gasteiger partial charge in [-0.25, -0.2) is 14.2 Å². The van der Waals surface area contributed by atoms with Gasteiger partial charge in [0.15, 0.2) is 5.69 Å². The maximum atomic E-state index is 13.5. The number of methoxy groups -OCH3 is 1. The summed E-state index contributed by atoms with van der Waals surface area (Å²) in [5, 5.41) is 0.